The second-order valence-corrected chi connectivity index (χ2v) is 16.6. The number of anilines is 1. The fourth-order valence-corrected chi connectivity index (χ4v) is 5.49. The Morgan fingerprint density at radius 3 is 2.33 bits per heavy atom. The van der Waals surface area contributed by atoms with Crippen LogP contribution in [0.25, 0.3) is 0 Å². The molecule has 39 heavy (non-hydrogen) atoms. The molecule has 0 heterocycles. The van der Waals surface area contributed by atoms with Gasteiger partial charge in [-0.15, -0.1) is 0 Å². The molecule has 0 saturated heterocycles. The normalized spacial score (nSPS) is 13.6. The van der Waals surface area contributed by atoms with E-state index in [4.69, 9.17) is 4.43 Å². The third-order valence-corrected chi connectivity index (χ3v) is 12.0. The van der Waals surface area contributed by atoms with Gasteiger partial charge in [-0.1, -0.05) is 69.3 Å². The Morgan fingerprint density at radius 1 is 0.974 bits per heavy atom. The third kappa shape index (κ3) is 9.04. The van der Waals surface area contributed by atoms with Crippen LogP contribution in [-0.4, -0.2) is 37.0 Å². The van der Waals surface area contributed by atoms with E-state index >= 15 is 0 Å². The molecule has 0 aliphatic carbocycles. The van der Waals surface area contributed by atoms with Crippen LogP contribution in [0.3, 0.4) is 0 Å². The number of phenols is 1. The molecule has 3 aromatic rings. The smallest absolute Gasteiger partial charge is 0.228 e. The number of hydrogen-bond donors (Lipinski definition) is 4. The number of aromatic hydroxyl groups is 1. The van der Waals surface area contributed by atoms with E-state index in [-0.39, 0.29) is 35.4 Å². The minimum atomic E-state index is -2.09. The lowest BCUT2D eigenvalue weighted by Crippen LogP contribution is -2.44. The van der Waals surface area contributed by atoms with Crippen molar-refractivity contribution in [2.75, 3.05) is 11.9 Å². The van der Waals surface area contributed by atoms with E-state index in [2.05, 4.69) is 63.6 Å². The summed E-state index contributed by atoms with van der Waals surface area (Å²) in [6.45, 7) is 13.6. The zero-order valence-electron chi connectivity index (χ0n) is 24.1. The first-order valence-corrected chi connectivity index (χ1v) is 16.6. The van der Waals surface area contributed by atoms with Gasteiger partial charge in [-0.3, -0.25) is 4.79 Å². The number of amides is 1. The van der Waals surface area contributed by atoms with E-state index in [0.29, 0.717) is 18.5 Å². The molecule has 0 aromatic heterocycles. The fraction of sp³-hybridized carbons (Fsp3) is 0.406. The maximum atomic E-state index is 12.5. The van der Waals surface area contributed by atoms with Crippen LogP contribution in [0.5, 0.6) is 5.75 Å². The van der Waals surface area contributed by atoms with Gasteiger partial charge >= 0.3 is 0 Å². The molecule has 4 N–H and O–H groups in total. The number of carbonyl (C=O) groups is 1. The molecule has 2 atom stereocenters. The van der Waals surface area contributed by atoms with Crippen LogP contribution in [0.15, 0.2) is 72.8 Å². The summed E-state index contributed by atoms with van der Waals surface area (Å²) in [7, 11) is -2.09. The molecular weight excluding hydrogens is 504 g/mol. The molecule has 3 rings (SSSR count). The van der Waals surface area contributed by atoms with E-state index in [1.807, 2.05) is 54.6 Å². The average Bonchev–Trinajstić information content (AvgIpc) is 2.87. The molecular formula is C32H44N2O4Si. The Hall–Kier alpha value is -2.97. The highest BCUT2D eigenvalue weighted by Crippen LogP contribution is 2.40. The first kappa shape index (κ1) is 30.6. The molecule has 7 heteroatoms. The molecule has 0 aliphatic rings. The highest BCUT2D eigenvalue weighted by atomic mass is 28.4. The van der Waals surface area contributed by atoms with Crippen LogP contribution >= 0.6 is 0 Å². The summed E-state index contributed by atoms with van der Waals surface area (Å²) >= 11 is 0. The summed E-state index contributed by atoms with van der Waals surface area (Å²) in [6, 6.07) is 23.2. The van der Waals surface area contributed by atoms with Crippen molar-refractivity contribution in [2.45, 2.75) is 77.4 Å². The molecule has 0 fully saturated rings. The van der Waals surface area contributed by atoms with Crippen molar-refractivity contribution >= 4 is 19.9 Å². The minimum absolute atomic E-state index is 0.0358. The summed E-state index contributed by atoms with van der Waals surface area (Å²) in [4.78, 5) is 12.5. The fourth-order valence-electron chi connectivity index (χ4n) is 4.20. The van der Waals surface area contributed by atoms with Gasteiger partial charge in [-0.2, -0.15) is 0 Å². The standard InChI is InChI=1S/C32H44N2O4Si/c1-23(17-24-11-10-12-25(18-24)19-31(37)34-28-13-8-7-9-14-28)33-21-30(38-39(5,6)32(2,3)4)26-15-16-29(36)27(20-26)22-35/h7-16,18,20,23,30,33,35-36H,17,19,21-22H2,1-6H3,(H,34,37)/t23-,30+/m1/s1. The Balaban J connectivity index is 1.66. The van der Waals surface area contributed by atoms with Crippen LogP contribution < -0.4 is 10.6 Å². The Morgan fingerprint density at radius 2 is 1.67 bits per heavy atom. The first-order valence-electron chi connectivity index (χ1n) is 13.6. The van der Waals surface area contributed by atoms with Gasteiger partial charge in [0, 0.05) is 23.8 Å². The van der Waals surface area contributed by atoms with Crippen molar-refractivity contribution in [3.05, 3.63) is 95.1 Å². The van der Waals surface area contributed by atoms with Crippen molar-refractivity contribution in [2.24, 2.45) is 0 Å². The molecule has 0 spiro atoms. The Bertz CT molecular complexity index is 1220. The lowest BCUT2D eigenvalue weighted by molar-refractivity contribution is -0.115. The summed E-state index contributed by atoms with van der Waals surface area (Å²) in [5.41, 5.74) is 4.37. The molecule has 0 bridgehead atoms. The van der Waals surface area contributed by atoms with Gasteiger partial charge in [0.2, 0.25) is 5.91 Å². The number of para-hydroxylation sites is 1. The monoisotopic (exact) mass is 548 g/mol. The van der Waals surface area contributed by atoms with Gasteiger partial charge in [0.25, 0.3) is 0 Å². The summed E-state index contributed by atoms with van der Waals surface area (Å²) in [6.07, 6.45) is 0.909. The van der Waals surface area contributed by atoms with Gasteiger partial charge in [-0.25, -0.2) is 0 Å². The number of carbonyl (C=O) groups excluding carboxylic acids is 1. The molecule has 0 unspecified atom stereocenters. The lowest BCUT2D eigenvalue weighted by atomic mass is 10.0. The van der Waals surface area contributed by atoms with Crippen molar-refractivity contribution in [3.8, 4) is 5.75 Å². The van der Waals surface area contributed by atoms with Gasteiger partial charge in [0.05, 0.1) is 19.1 Å². The van der Waals surface area contributed by atoms with Gasteiger partial charge in [-0.05, 0) is 72.4 Å². The zero-order chi connectivity index (χ0) is 28.6. The van der Waals surface area contributed by atoms with Crippen LogP contribution in [0.4, 0.5) is 5.69 Å². The SMILES string of the molecule is C[C@H](Cc1cccc(CC(=O)Nc2ccccc2)c1)NC[C@H](O[Si](C)(C)C(C)(C)C)c1ccc(O)c(CO)c1. The molecule has 6 nitrogen and oxygen atoms in total. The van der Waals surface area contributed by atoms with Crippen molar-refractivity contribution in [3.63, 3.8) is 0 Å². The Kier molecular flexibility index (Phi) is 10.5. The first-order chi connectivity index (χ1) is 18.4. The van der Waals surface area contributed by atoms with Crippen LogP contribution in [0, 0.1) is 0 Å². The summed E-state index contributed by atoms with van der Waals surface area (Å²) < 4.78 is 6.81. The molecule has 3 aromatic carbocycles. The minimum Gasteiger partial charge on any atom is -0.508 e. The van der Waals surface area contributed by atoms with Crippen molar-refractivity contribution in [1.29, 1.82) is 0 Å². The average molecular weight is 549 g/mol. The lowest BCUT2D eigenvalue weighted by Gasteiger charge is -2.40. The van der Waals surface area contributed by atoms with E-state index < -0.39 is 8.32 Å². The van der Waals surface area contributed by atoms with E-state index in [0.717, 1.165) is 28.8 Å². The largest absolute Gasteiger partial charge is 0.508 e. The highest BCUT2D eigenvalue weighted by molar-refractivity contribution is 6.74. The van der Waals surface area contributed by atoms with E-state index in [1.165, 1.54) is 0 Å². The van der Waals surface area contributed by atoms with Crippen molar-refractivity contribution < 1.29 is 19.4 Å². The maximum Gasteiger partial charge on any atom is 0.228 e. The number of nitrogens with one attached hydrogen (secondary N) is 2. The number of hydrogen-bond acceptors (Lipinski definition) is 5. The topological polar surface area (TPSA) is 90.8 Å². The number of rotatable bonds is 12. The van der Waals surface area contributed by atoms with Crippen LogP contribution in [0.1, 0.15) is 56.1 Å². The van der Waals surface area contributed by atoms with Gasteiger partial charge < -0.3 is 25.3 Å². The summed E-state index contributed by atoms with van der Waals surface area (Å²) in [5, 5.41) is 26.4. The van der Waals surface area contributed by atoms with Crippen LogP contribution in [-0.2, 0) is 28.7 Å². The molecule has 0 saturated carbocycles. The summed E-state index contributed by atoms with van der Waals surface area (Å²) in [5.74, 6) is 0.0530. The molecule has 210 valence electrons. The second kappa shape index (κ2) is 13.4. The predicted molar refractivity (Wildman–Crippen MR) is 161 cm³/mol. The molecule has 1 amide bonds. The van der Waals surface area contributed by atoms with Crippen LogP contribution in [0.2, 0.25) is 18.1 Å². The maximum absolute atomic E-state index is 12.5. The molecule has 0 radical (unpaired) electrons. The van der Waals surface area contributed by atoms with E-state index in [9.17, 15) is 15.0 Å². The van der Waals surface area contributed by atoms with E-state index in [1.54, 1.807) is 6.07 Å². The number of aliphatic hydroxyl groups is 1. The second-order valence-electron chi connectivity index (χ2n) is 11.8. The Labute approximate surface area is 234 Å². The zero-order valence-corrected chi connectivity index (χ0v) is 25.1. The third-order valence-electron chi connectivity index (χ3n) is 7.50. The van der Waals surface area contributed by atoms with Gasteiger partial charge in [0.15, 0.2) is 8.32 Å². The molecule has 0 aliphatic heterocycles. The quantitative estimate of drug-likeness (QED) is 0.198. The van der Waals surface area contributed by atoms with Crippen molar-refractivity contribution in [1.82, 2.24) is 5.32 Å². The predicted octanol–water partition coefficient (Wildman–Crippen LogP) is 6.35. The number of aliphatic hydroxyl groups excluding tert-OH is 1. The highest BCUT2D eigenvalue weighted by Gasteiger charge is 2.39. The number of benzene rings is 3. The van der Waals surface area contributed by atoms with Gasteiger partial charge in [0.1, 0.15) is 5.75 Å².